The summed E-state index contributed by atoms with van der Waals surface area (Å²) in [5, 5.41) is 1.46. The van der Waals surface area contributed by atoms with E-state index in [9.17, 15) is 0 Å². The Bertz CT molecular complexity index is 454. The van der Waals surface area contributed by atoms with Gasteiger partial charge >= 0.3 is 0 Å². The van der Waals surface area contributed by atoms with Gasteiger partial charge in [-0.2, -0.15) is 0 Å². The normalized spacial score (nSPS) is 11.4. The molecule has 0 amide bonds. The molecule has 0 aliphatic rings. The van der Waals surface area contributed by atoms with Crippen molar-refractivity contribution in [2.24, 2.45) is 0 Å². The van der Waals surface area contributed by atoms with Gasteiger partial charge in [-0.3, -0.25) is 4.98 Å². The van der Waals surface area contributed by atoms with Crippen molar-refractivity contribution < 1.29 is 0 Å². The molecule has 0 bridgehead atoms. The molecule has 82 valence electrons. The summed E-state index contributed by atoms with van der Waals surface area (Å²) in [5.41, 5.74) is 2.24. The standard InChI is InChI=1S/C14H17NP/c1-16(2,3)13-9-7-12(8-10-13)14-6-4-5-11-15-14/h4-11H,1-3H3/q+1. The molecule has 0 aliphatic heterocycles. The van der Waals surface area contributed by atoms with Crippen molar-refractivity contribution in [3.63, 3.8) is 0 Å². The average Bonchev–Trinajstić information content (AvgIpc) is 2.29. The van der Waals surface area contributed by atoms with Gasteiger partial charge in [-0.05, 0) is 36.4 Å². The molecule has 0 radical (unpaired) electrons. The van der Waals surface area contributed by atoms with Crippen molar-refractivity contribution in [2.75, 3.05) is 20.0 Å². The monoisotopic (exact) mass is 230 g/mol. The van der Waals surface area contributed by atoms with Crippen molar-refractivity contribution in [2.45, 2.75) is 0 Å². The van der Waals surface area contributed by atoms with Crippen molar-refractivity contribution in [3.8, 4) is 11.3 Å². The second-order valence-corrected chi connectivity index (χ2v) is 9.32. The molecular weight excluding hydrogens is 213 g/mol. The molecule has 0 spiro atoms. The highest BCUT2D eigenvalue weighted by Gasteiger charge is 2.20. The van der Waals surface area contributed by atoms with Crippen LogP contribution in [0.2, 0.25) is 0 Å². The molecule has 2 aromatic rings. The highest BCUT2D eigenvalue weighted by atomic mass is 31.2. The second-order valence-electron chi connectivity index (χ2n) is 4.77. The highest BCUT2D eigenvalue weighted by Crippen LogP contribution is 2.44. The van der Waals surface area contributed by atoms with Crippen LogP contribution in [-0.4, -0.2) is 25.0 Å². The Morgan fingerprint density at radius 1 is 0.875 bits per heavy atom. The van der Waals surface area contributed by atoms with E-state index in [1.54, 1.807) is 0 Å². The number of hydrogen-bond donors (Lipinski definition) is 0. The van der Waals surface area contributed by atoms with Gasteiger partial charge in [0.05, 0.1) is 31.0 Å². The van der Waals surface area contributed by atoms with Crippen LogP contribution in [0.1, 0.15) is 0 Å². The first-order valence-electron chi connectivity index (χ1n) is 5.41. The number of benzene rings is 1. The van der Waals surface area contributed by atoms with Crippen molar-refractivity contribution in [1.29, 1.82) is 0 Å². The van der Waals surface area contributed by atoms with Crippen LogP contribution in [0.25, 0.3) is 11.3 Å². The minimum Gasteiger partial charge on any atom is -0.256 e. The molecule has 1 heterocycles. The molecule has 2 heteroatoms. The Morgan fingerprint density at radius 2 is 1.56 bits per heavy atom. The summed E-state index contributed by atoms with van der Waals surface area (Å²) in [5.74, 6) is 0. The first-order chi connectivity index (χ1) is 7.57. The minimum atomic E-state index is -0.900. The summed E-state index contributed by atoms with van der Waals surface area (Å²) in [6.07, 6.45) is 1.83. The average molecular weight is 230 g/mol. The lowest BCUT2D eigenvalue weighted by atomic mass is 10.1. The van der Waals surface area contributed by atoms with Crippen LogP contribution in [0.15, 0.2) is 48.7 Å². The third-order valence-electron chi connectivity index (χ3n) is 2.60. The molecule has 0 unspecified atom stereocenters. The number of rotatable bonds is 2. The fourth-order valence-corrected chi connectivity index (χ4v) is 2.66. The predicted octanol–water partition coefficient (Wildman–Crippen LogP) is 3.28. The SMILES string of the molecule is C[P+](C)(C)c1ccc(-c2ccccn2)cc1. The van der Waals surface area contributed by atoms with E-state index in [1.807, 2.05) is 24.4 Å². The van der Waals surface area contributed by atoms with Crippen molar-refractivity contribution in [3.05, 3.63) is 48.7 Å². The molecule has 1 aromatic carbocycles. The first kappa shape index (κ1) is 11.3. The van der Waals surface area contributed by atoms with Crippen molar-refractivity contribution >= 4 is 12.6 Å². The molecule has 0 atom stereocenters. The maximum atomic E-state index is 4.35. The largest absolute Gasteiger partial charge is 0.256 e. The van der Waals surface area contributed by atoms with Crippen LogP contribution in [-0.2, 0) is 0 Å². The Morgan fingerprint density at radius 3 is 2.06 bits per heavy atom. The van der Waals surface area contributed by atoms with Gasteiger partial charge in [0.15, 0.2) is 0 Å². The lowest BCUT2D eigenvalue weighted by Gasteiger charge is -2.11. The smallest absolute Gasteiger partial charge is 0.0931 e. The number of aromatic nitrogens is 1. The zero-order valence-electron chi connectivity index (χ0n) is 10.0. The number of pyridine rings is 1. The maximum absolute atomic E-state index is 4.35. The van der Waals surface area contributed by atoms with Gasteiger partial charge in [0, 0.05) is 19.0 Å². The minimum absolute atomic E-state index is 0.900. The van der Waals surface area contributed by atoms with Crippen LogP contribution in [0, 0.1) is 0 Å². The lowest BCUT2D eigenvalue weighted by Crippen LogP contribution is -2.06. The Balaban J connectivity index is 2.34. The van der Waals surface area contributed by atoms with E-state index >= 15 is 0 Å². The predicted molar refractivity (Wildman–Crippen MR) is 74.0 cm³/mol. The van der Waals surface area contributed by atoms with Crippen LogP contribution < -0.4 is 5.30 Å². The van der Waals surface area contributed by atoms with Gasteiger partial charge in [-0.15, -0.1) is 0 Å². The topological polar surface area (TPSA) is 12.9 Å². The molecule has 0 saturated carbocycles. The highest BCUT2D eigenvalue weighted by molar-refractivity contribution is 7.80. The third-order valence-corrected chi connectivity index (χ3v) is 4.45. The summed E-state index contributed by atoms with van der Waals surface area (Å²) in [4.78, 5) is 4.35. The van der Waals surface area contributed by atoms with Crippen LogP contribution in [0.5, 0.6) is 0 Å². The van der Waals surface area contributed by atoms with E-state index < -0.39 is 7.26 Å². The van der Waals surface area contributed by atoms with Gasteiger partial charge in [-0.25, -0.2) is 0 Å². The van der Waals surface area contributed by atoms with Crippen LogP contribution in [0.4, 0.5) is 0 Å². The Labute approximate surface area is 97.9 Å². The Hall–Kier alpha value is -1.20. The quantitative estimate of drug-likeness (QED) is 0.721. The molecule has 0 fully saturated rings. The molecule has 0 N–H and O–H groups in total. The summed E-state index contributed by atoms with van der Waals surface area (Å²) in [7, 11) is -0.900. The second kappa shape index (κ2) is 4.35. The molecule has 0 aliphatic carbocycles. The summed E-state index contributed by atoms with van der Waals surface area (Å²) in [6, 6.07) is 14.8. The summed E-state index contributed by atoms with van der Waals surface area (Å²) < 4.78 is 0. The van der Waals surface area contributed by atoms with Crippen LogP contribution in [0.3, 0.4) is 0 Å². The third kappa shape index (κ3) is 2.48. The maximum Gasteiger partial charge on any atom is 0.0931 e. The van der Waals surface area contributed by atoms with Gasteiger partial charge in [-0.1, -0.05) is 6.07 Å². The Kier molecular flexibility index (Phi) is 3.07. The molecule has 1 aromatic heterocycles. The van der Waals surface area contributed by atoms with Gasteiger partial charge < -0.3 is 0 Å². The van der Waals surface area contributed by atoms with E-state index in [0.29, 0.717) is 0 Å². The van der Waals surface area contributed by atoms with Crippen molar-refractivity contribution in [1.82, 2.24) is 4.98 Å². The van der Waals surface area contributed by atoms with Gasteiger partial charge in [0.25, 0.3) is 0 Å². The first-order valence-corrected chi connectivity index (χ1v) is 8.54. The zero-order chi connectivity index (χ0) is 11.6. The van der Waals surface area contributed by atoms with E-state index in [4.69, 9.17) is 0 Å². The van der Waals surface area contributed by atoms with E-state index in [1.165, 1.54) is 10.9 Å². The zero-order valence-corrected chi connectivity index (χ0v) is 10.9. The molecule has 2 rings (SSSR count). The summed E-state index contributed by atoms with van der Waals surface area (Å²) in [6.45, 7) is 7.01. The molecule has 1 nitrogen and oxygen atoms in total. The van der Waals surface area contributed by atoms with E-state index in [-0.39, 0.29) is 0 Å². The van der Waals surface area contributed by atoms with Gasteiger partial charge in [0.1, 0.15) is 0 Å². The molecule has 0 saturated heterocycles. The number of nitrogens with zero attached hydrogens (tertiary/aromatic N) is 1. The molecule has 16 heavy (non-hydrogen) atoms. The lowest BCUT2D eigenvalue weighted by molar-refractivity contribution is 1.33. The van der Waals surface area contributed by atoms with E-state index in [0.717, 1.165) is 5.69 Å². The van der Waals surface area contributed by atoms with Gasteiger partial charge in [0.2, 0.25) is 0 Å². The van der Waals surface area contributed by atoms with Crippen LogP contribution >= 0.6 is 7.26 Å². The number of hydrogen-bond acceptors (Lipinski definition) is 1. The fourth-order valence-electron chi connectivity index (χ4n) is 1.61. The molecular formula is C14H17NP+. The fraction of sp³-hybridized carbons (Fsp3) is 0.214. The van der Waals surface area contributed by atoms with E-state index in [2.05, 4.69) is 49.2 Å². The summed E-state index contributed by atoms with van der Waals surface area (Å²) >= 11 is 0.